The van der Waals surface area contributed by atoms with Crippen molar-refractivity contribution in [3.63, 3.8) is 0 Å². The predicted octanol–water partition coefficient (Wildman–Crippen LogP) is 0.653. The number of rotatable bonds is 3. The third-order valence-corrected chi connectivity index (χ3v) is 4.22. The molecule has 0 saturated carbocycles. The maximum absolute atomic E-state index is 11.8. The lowest BCUT2D eigenvalue weighted by Crippen LogP contribution is -2.44. The van der Waals surface area contributed by atoms with Crippen molar-refractivity contribution in [2.24, 2.45) is 0 Å². The van der Waals surface area contributed by atoms with Crippen LogP contribution in [0.25, 0.3) is 0 Å². The average molecular weight is 259 g/mol. The summed E-state index contributed by atoms with van der Waals surface area (Å²) < 4.78 is 0. The first kappa shape index (κ1) is 12.6. The van der Waals surface area contributed by atoms with Crippen LogP contribution < -0.4 is 10.2 Å². The molecule has 2 heterocycles. The highest BCUT2D eigenvalue weighted by Crippen LogP contribution is 2.30. The van der Waals surface area contributed by atoms with Gasteiger partial charge in [0.25, 0.3) is 0 Å². The van der Waals surface area contributed by atoms with Crippen LogP contribution >= 0.6 is 0 Å². The largest absolute Gasteiger partial charge is 0.315 e. The van der Waals surface area contributed by atoms with Crippen molar-refractivity contribution >= 4 is 11.6 Å². The molecule has 102 valence electrons. The maximum atomic E-state index is 11.8. The molecule has 0 unspecified atom stereocenters. The highest BCUT2D eigenvalue weighted by Gasteiger charge is 2.25. The molecule has 4 nitrogen and oxygen atoms in total. The van der Waals surface area contributed by atoms with E-state index in [1.165, 1.54) is 11.1 Å². The Kier molecular flexibility index (Phi) is 3.53. The van der Waals surface area contributed by atoms with Crippen LogP contribution in [0.5, 0.6) is 0 Å². The molecule has 1 amide bonds. The summed E-state index contributed by atoms with van der Waals surface area (Å²) in [6, 6.07) is 6.29. The van der Waals surface area contributed by atoms with Crippen molar-refractivity contribution < 1.29 is 4.79 Å². The first-order valence-corrected chi connectivity index (χ1v) is 7.06. The number of likely N-dealkylation sites (N-methyl/N-ethyl adjacent to an activating group) is 1. The molecule has 0 spiro atoms. The van der Waals surface area contributed by atoms with Crippen molar-refractivity contribution in [1.29, 1.82) is 0 Å². The second-order valence-corrected chi connectivity index (χ2v) is 5.39. The zero-order valence-electron chi connectivity index (χ0n) is 11.5. The molecule has 2 aliphatic heterocycles. The van der Waals surface area contributed by atoms with E-state index in [1.807, 2.05) is 7.05 Å². The number of carbonyl (C=O) groups excluding carboxylic acids is 1. The molecule has 2 aliphatic rings. The number of hydrogen-bond donors (Lipinski definition) is 1. The van der Waals surface area contributed by atoms with Gasteiger partial charge in [0.05, 0.1) is 6.42 Å². The minimum Gasteiger partial charge on any atom is -0.315 e. The molecule has 0 aliphatic carbocycles. The van der Waals surface area contributed by atoms with Crippen LogP contribution in [0.15, 0.2) is 18.2 Å². The number of nitrogens with zero attached hydrogens (tertiary/aromatic N) is 2. The van der Waals surface area contributed by atoms with E-state index in [1.54, 1.807) is 4.90 Å². The van der Waals surface area contributed by atoms with Crippen molar-refractivity contribution in [2.45, 2.75) is 12.8 Å². The summed E-state index contributed by atoms with van der Waals surface area (Å²) in [5.41, 5.74) is 3.68. The van der Waals surface area contributed by atoms with Crippen LogP contribution in [-0.2, 0) is 17.6 Å². The molecule has 19 heavy (non-hydrogen) atoms. The third kappa shape index (κ3) is 2.51. The monoisotopic (exact) mass is 259 g/mol. The first-order valence-electron chi connectivity index (χ1n) is 7.06. The number of nitrogens with one attached hydrogen (secondary N) is 1. The van der Waals surface area contributed by atoms with E-state index >= 15 is 0 Å². The van der Waals surface area contributed by atoms with Gasteiger partial charge in [0.1, 0.15) is 0 Å². The third-order valence-electron chi connectivity index (χ3n) is 4.22. The van der Waals surface area contributed by atoms with Crippen molar-refractivity contribution in [2.75, 3.05) is 44.7 Å². The van der Waals surface area contributed by atoms with Gasteiger partial charge in [-0.1, -0.05) is 12.1 Å². The zero-order chi connectivity index (χ0) is 13.2. The fourth-order valence-corrected chi connectivity index (χ4v) is 2.99. The van der Waals surface area contributed by atoms with Crippen molar-refractivity contribution in [3.8, 4) is 0 Å². The summed E-state index contributed by atoms with van der Waals surface area (Å²) in [4.78, 5) is 16.1. The zero-order valence-corrected chi connectivity index (χ0v) is 11.5. The number of carbonyl (C=O) groups is 1. The number of anilines is 1. The van der Waals surface area contributed by atoms with Gasteiger partial charge >= 0.3 is 0 Å². The normalized spacial score (nSPS) is 19.8. The molecule has 1 aromatic carbocycles. The molecule has 1 aromatic rings. The average Bonchev–Trinajstić information content (AvgIpc) is 2.74. The van der Waals surface area contributed by atoms with Gasteiger partial charge in [-0.05, 0) is 23.6 Å². The van der Waals surface area contributed by atoms with Crippen molar-refractivity contribution in [1.82, 2.24) is 10.2 Å². The Bertz CT molecular complexity index is 480. The van der Waals surface area contributed by atoms with E-state index in [0.29, 0.717) is 6.42 Å². The quantitative estimate of drug-likeness (QED) is 0.866. The standard InChI is InChI=1S/C15H21N3O/c1-17-14-4-2-3-12(13(14)11-15(17)19)5-8-18-9-6-16-7-10-18/h2-4,16H,5-11H2,1H3. The van der Waals surface area contributed by atoms with Crippen LogP contribution in [0.2, 0.25) is 0 Å². The molecular formula is C15H21N3O. The smallest absolute Gasteiger partial charge is 0.231 e. The molecule has 1 fully saturated rings. The van der Waals surface area contributed by atoms with E-state index in [0.717, 1.165) is 44.8 Å². The molecule has 0 bridgehead atoms. The lowest BCUT2D eigenvalue weighted by molar-refractivity contribution is -0.117. The Morgan fingerprint density at radius 2 is 2.05 bits per heavy atom. The molecule has 0 radical (unpaired) electrons. The number of amides is 1. The topological polar surface area (TPSA) is 35.6 Å². The Hall–Kier alpha value is -1.39. The highest BCUT2D eigenvalue weighted by atomic mass is 16.2. The lowest BCUT2D eigenvalue weighted by Gasteiger charge is -2.27. The van der Waals surface area contributed by atoms with Crippen LogP contribution in [0.4, 0.5) is 5.69 Å². The predicted molar refractivity (Wildman–Crippen MR) is 76.6 cm³/mol. The molecule has 3 rings (SSSR count). The van der Waals surface area contributed by atoms with Gasteiger partial charge in [0.2, 0.25) is 5.91 Å². The summed E-state index contributed by atoms with van der Waals surface area (Å²) in [5.74, 6) is 0.213. The van der Waals surface area contributed by atoms with Gasteiger partial charge in [-0.25, -0.2) is 0 Å². The van der Waals surface area contributed by atoms with Crippen LogP contribution in [0.1, 0.15) is 11.1 Å². The van der Waals surface area contributed by atoms with Gasteiger partial charge < -0.3 is 15.1 Å². The summed E-state index contributed by atoms with van der Waals surface area (Å²) >= 11 is 0. The molecule has 4 heteroatoms. The molecule has 1 N–H and O–H groups in total. The van der Waals surface area contributed by atoms with Crippen molar-refractivity contribution in [3.05, 3.63) is 29.3 Å². The molecule has 0 atom stereocenters. The summed E-state index contributed by atoms with van der Waals surface area (Å²) in [6.45, 7) is 5.54. The minimum atomic E-state index is 0.213. The molecule has 0 aromatic heterocycles. The number of benzene rings is 1. The van der Waals surface area contributed by atoms with E-state index < -0.39 is 0 Å². The fraction of sp³-hybridized carbons (Fsp3) is 0.533. The first-order chi connectivity index (χ1) is 9.25. The Morgan fingerprint density at radius 3 is 2.84 bits per heavy atom. The fourth-order valence-electron chi connectivity index (χ4n) is 2.99. The van der Waals surface area contributed by atoms with Gasteiger partial charge in [0.15, 0.2) is 0 Å². The Morgan fingerprint density at radius 1 is 1.26 bits per heavy atom. The summed E-state index contributed by atoms with van der Waals surface area (Å²) in [5, 5.41) is 3.37. The highest BCUT2D eigenvalue weighted by molar-refractivity contribution is 6.01. The summed E-state index contributed by atoms with van der Waals surface area (Å²) in [6.07, 6.45) is 1.62. The summed E-state index contributed by atoms with van der Waals surface area (Å²) in [7, 11) is 1.87. The number of piperazine rings is 1. The van der Waals surface area contributed by atoms with Gasteiger partial charge in [-0.2, -0.15) is 0 Å². The Labute approximate surface area is 114 Å². The van der Waals surface area contributed by atoms with E-state index in [2.05, 4.69) is 28.4 Å². The van der Waals surface area contributed by atoms with Crippen LogP contribution in [0, 0.1) is 0 Å². The second-order valence-electron chi connectivity index (χ2n) is 5.39. The van der Waals surface area contributed by atoms with E-state index in [9.17, 15) is 4.79 Å². The van der Waals surface area contributed by atoms with E-state index in [4.69, 9.17) is 0 Å². The van der Waals surface area contributed by atoms with E-state index in [-0.39, 0.29) is 5.91 Å². The van der Waals surface area contributed by atoms with Gasteiger partial charge in [-0.3, -0.25) is 4.79 Å². The molecule has 1 saturated heterocycles. The number of hydrogen-bond acceptors (Lipinski definition) is 3. The second kappa shape index (κ2) is 5.31. The van der Waals surface area contributed by atoms with Gasteiger partial charge in [0, 0.05) is 45.5 Å². The minimum absolute atomic E-state index is 0.213. The van der Waals surface area contributed by atoms with Crippen LogP contribution in [0.3, 0.4) is 0 Å². The van der Waals surface area contributed by atoms with Crippen LogP contribution in [-0.4, -0.2) is 50.6 Å². The maximum Gasteiger partial charge on any atom is 0.231 e. The van der Waals surface area contributed by atoms with Gasteiger partial charge in [-0.15, -0.1) is 0 Å². The lowest BCUT2D eigenvalue weighted by atomic mass is 10.0. The Balaban J connectivity index is 1.70. The molecular weight excluding hydrogens is 238 g/mol. The SMILES string of the molecule is CN1C(=O)Cc2c(CCN3CCNCC3)cccc21. The number of fused-ring (bicyclic) bond motifs is 1.